The van der Waals surface area contributed by atoms with E-state index in [0.717, 1.165) is 4.31 Å². The first-order valence-corrected chi connectivity index (χ1v) is 11.1. The minimum Gasteiger partial charge on any atom is -0.321 e. The van der Waals surface area contributed by atoms with Gasteiger partial charge in [0.05, 0.1) is 5.69 Å². The van der Waals surface area contributed by atoms with Gasteiger partial charge in [-0.1, -0.05) is 59.6 Å². The summed E-state index contributed by atoms with van der Waals surface area (Å²) in [5.74, 6) is -0.756. The lowest BCUT2D eigenvalue weighted by atomic mass is 9.95. The Hall–Kier alpha value is -2.80. The average Bonchev–Trinajstić information content (AvgIpc) is 2.71. The number of carbonyl (C=O) groups is 1. The second-order valence-corrected chi connectivity index (χ2v) is 9.45. The molecule has 1 aliphatic rings. The number of nitrogens with zero attached hydrogens (tertiary/aromatic N) is 1. The van der Waals surface area contributed by atoms with Crippen molar-refractivity contribution in [2.45, 2.75) is 0 Å². The Balaban J connectivity index is 1.99. The molecule has 0 radical (unpaired) electrons. The first kappa shape index (κ1) is 20.5. The molecule has 30 heavy (non-hydrogen) atoms. The molecule has 1 amide bonds. The van der Waals surface area contributed by atoms with Crippen molar-refractivity contribution in [2.24, 2.45) is 0 Å². The fourth-order valence-electron chi connectivity index (χ4n) is 3.38. The van der Waals surface area contributed by atoms with Gasteiger partial charge in [0, 0.05) is 33.9 Å². The van der Waals surface area contributed by atoms with Gasteiger partial charge in [0.1, 0.15) is 0 Å². The molecule has 0 aromatic heterocycles. The van der Waals surface area contributed by atoms with E-state index in [9.17, 15) is 13.2 Å². The number of rotatable bonds is 3. The fraction of sp³-hybridized carbons (Fsp3) is 0.0455. The molecule has 0 saturated carbocycles. The lowest BCUT2D eigenvalue weighted by Crippen LogP contribution is -2.37. The van der Waals surface area contributed by atoms with Crippen molar-refractivity contribution in [1.82, 2.24) is 0 Å². The number of anilines is 2. The van der Waals surface area contributed by atoms with Gasteiger partial charge in [-0.2, -0.15) is 0 Å². The van der Waals surface area contributed by atoms with Gasteiger partial charge in [-0.3, -0.25) is 9.10 Å². The largest absolute Gasteiger partial charge is 0.321 e. The predicted molar refractivity (Wildman–Crippen MR) is 121 cm³/mol. The smallest absolute Gasteiger partial charge is 0.270 e. The normalized spacial score (nSPS) is 15.0. The number of carbonyl (C=O) groups excluding carboxylic acids is 1. The van der Waals surface area contributed by atoms with E-state index in [2.05, 4.69) is 5.32 Å². The average molecular weight is 459 g/mol. The molecule has 0 spiro atoms. The second kappa shape index (κ2) is 7.80. The first-order chi connectivity index (χ1) is 14.3. The standard InChI is InChI=1S/C22H16Cl2N2O3S/c1-26-19-11-10-16(24)13-18(19)20(14-6-3-2-4-7-14)21(30(26,28)29)22(27)25-17-9-5-8-15(23)12-17/h2-13H,1H3,(H,25,27). The summed E-state index contributed by atoms with van der Waals surface area (Å²) in [4.78, 5) is 12.9. The van der Waals surface area contributed by atoms with Gasteiger partial charge in [0.15, 0.2) is 4.91 Å². The first-order valence-electron chi connectivity index (χ1n) is 8.94. The zero-order valence-corrected chi connectivity index (χ0v) is 18.1. The van der Waals surface area contributed by atoms with Gasteiger partial charge in [0.2, 0.25) is 0 Å². The molecule has 0 atom stereocenters. The second-order valence-electron chi connectivity index (χ2n) is 6.67. The fourth-order valence-corrected chi connectivity index (χ4v) is 5.20. The van der Waals surface area contributed by atoms with E-state index in [-0.39, 0.29) is 4.91 Å². The molecule has 8 heteroatoms. The van der Waals surface area contributed by atoms with Crippen molar-refractivity contribution >= 4 is 56.1 Å². The van der Waals surface area contributed by atoms with Crippen LogP contribution in [0.15, 0.2) is 77.7 Å². The molecule has 1 N–H and O–H groups in total. The third-order valence-corrected chi connectivity index (χ3v) is 7.06. The van der Waals surface area contributed by atoms with E-state index >= 15 is 0 Å². The Bertz CT molecular complexity index is 1290. The number of halogens is 2. The number of benzene rings is 3. The van der Waals surface area contributed by atoms with Crippen molar-refractivity contribution in [3.63, 3.8) is 0 Å². The molecule has 0 aliphatic carbocycles. The monoisotopic (exact) mass is 458 g/mol. The lowest BCUT2D eigenvalue weighted by Gasteiger charge is -2.31. The zero-order chi connectivity index (χ0) is 21.5. The number of nitrogens with one attached hydrogen (secondary N) is 1. The maximum Gasteiger partial charge on any atom is 0.270 e. The lowest BCUT2D eigenvalue weighted by molar-refractivity contribution is -0.112. The van der Waals surface area contributed by atoms with Crippen LogP contribution in [0.2, 0.25) is 10.0 Å². The Kier molecular flexibility index (Phi) is 5.32. The number of fused-ring (bicyclic) bond motifs is 1. The molecule has 1 heterocycles. The quantitative estimate of drug-likeness (QED) is 0.588. The van der Waals surface area contributed by atoms with Crippen LogP contribution in [0.4, 0.5) is 11.4 Å². The van der Waals surface area contributed by atoms with Crippen LogP contribution in [-0.4, -0.2) is 21.4 Å². The maximum absolute atomic E-state index is 13.4. The van der Waals surface area contributed by atoms with E-state index < -0.39 is 15.9 Å². The van der Waals surface area contributed by atoms with Crippen LogP contribution in [-0.2, 0) is 14.8 Å². The minimum atomic E-state index is -4.13. The van der Waals surface area contributed by atoms with Crippen LogP contribution < -0.4 is 9.62 Å². The summed E-state index contributed by atoms with van der Waals surface area (Å²) in [5.41, 5.74) is 2.28. The molecule has 5 nitrogen and oxygen atoms in total. The summed E-state index contributed by atoms with van der Waals surface area (Å²) in [7, 11) is -2.72. The van der Waals surface area contributed by atoms with Crippen molar-refractivity contribution in [3.8, 4) is 0 Å². The third kappa shape index (κ3) is 3.58. The number of sulfonamides is 1. The van der Waals surface area contributed by atoms with Gasteiger partial charge >= 0.3 is 0 Å². The van der Waals surface area contributed by atoms with Crippen LogP contribution in [0.25, 0.3) is 5.57 Å². The molecule has 0 fully saturated rings. The molecule has 3 aromatic rings. The molecule has 1 aliphatic heterocycles. The molecule has 0 unspecified atom stereocenters. The highest BCUT2D eigenvalue weighted by atomic mass is 35.5. The highest BCUT2D eigenvalue weighted by Gasteiger charge is 2.39. The van der Waals surface area contributed by atoms with E-state index in [4.69, 9.17) is 23.2 Å². The minimum absolute atomic E-state index is 0.297. The van der Waals surface area contributed by atoms with E-state index in [1.54, 1.807) is 66.7 Å². The number of hydrogen-bond donors (Lipinski definition) is 1. The van der Waals surface area contributed by atoms with Gasteiger partial charge < -0.3 is 5.32 Å². The summed E-state index contributed by atoms with van der Waals surface area (Å²) < 4.78 is 27.9. The van der Waals surface area contributed by atoms with Crippen molar-refractivity contribution in [3.05, 3.63) is 98.9 Å². The summed E-state index contributed by atoms with van der Waals surface area (Å²) in [6.07, 6.45) is 0. The Morgan fingerprint density at radius 3 is 2.30 bits per heavy atom. The van der Waals surface area contributed by atoms with Gasteiger partial charge in [-0.15, -0.1) is 0 Å². The summed E-state index contributed by atoms with van der Waals surface area (Å²) in [6.45, 7) is 0. The van der Waals surface area contributed by atoms with E-state index in [1.807, 2.05) is 6.07 Å². The van der Waals surface area contributed by atoms with Crippen LogP contribution in [0.1, 0.15) is 11.1 Å². The maximum atomic E-state index is 13.4. The third-order valence-electron chi connectivity index (χ3n) is 4.76. The van der Waals surface area contributed by atoms with Gasteiger partial charge in [-0.05, 0) is 42.0 Å². The Morgan fingerprint density at radius 2 is 1.60 bits per heavy atom. The molecule has 152 valence electrons. The molecule has 4 rings (SSSR count). The molecule has 0 saturated heterocycles. The van der Waals surface area contributed by atoms with Crippen LogP contribution in [0, 0.1) is 0 Å². The summed E-state index contributed by atoms with van der Waals surface area (Å²) in [5, 5.41) is 3.51. The van der Waals surface area contributed by atoms with Crippen molar-refractivity contribution in [1.29, 1.82) is 0 Å². The SMILES string of the molecule is CN1c2ccc(Cl)cc2C(c2ccccc2)=C(C(=O)Nc2cccc(Cl)c2)S1(=O)=O. The number of hydrogen-bond acceptors (Lipinski definition) is 3. The Morgan fingerprint density at radius 1 is 0.900 bits per heavy atom. The molecular formula is C22H16Cl2N2O3S. The van der Waals surface area contributed by atoms with Crippen LogP contribution >= 0.6 is 23.2 Å². The summed E-state index contributed by atoms with van der Waals surface area (Å²) in [6, 6.07) is 20.3. The predicted octanol–water partition coefficient (Wildman–Crippen LogP) is 5.17. The molecule has 0 bridgehead atoms. The summed E-state index contributed by atoms with van der Waals surface area (Å²) >= 11 is 12.2. The highest BCUT2D eigenvalue weighted by molar-refractivity contribution is 7.97. The Labute approximate surface area is 184 Å². The van der Waals surface area contributed by atoms with E-state index in [0.29, 0.717) is 38.1 Å². The van der Waals surface area contributed by atoms with Crippen molar-refractivity contribution in [2.75, 3.05) is 16.7 Å². The number of amides is 1. The van der Waals surface area contributed by atoms with E-state index in [1.165, 1.54) is 7.05 Å². The van der Waals surface area contributed by atoms with Crippen LogP contribution in [0.3, 0.4) is 0 Å². The van der Waals surface area contributed by atoms with Crippen molar-refractivity contribution < 1.29 is 13.2 Å². The van der Waals surface area contributed by atoms with Crippen LogP contribution in [0.5, 0.6) is 0 Å². The molecular weight excluding hydrogens is 443 g/mol. The van der Waals surface area contributed by atoms with Gasteiger partial charge in [-0.25, -0.2) is 8.42 Å². The highest BCUT2D eigenvalue weighted by Crippen LogP contribution is 2.43. The topological polar surface area (TPSA) is 66.5 Å². The van der Waals surface area contributed by atoms with Gasteiger partial charge in [0.25, 0.3) is 15.9 Å². The molecule has 3 aromatic carbocycles. The zero-order valence-electron chi connectivity index (χ0n) is 15.8.